The van der Waals surface area contributed by atoms with Crippen LogP contribution in [0.25, 0.3) is 0 Å². The minimum atomic E-state index is -0.837. The van der Waals surface area contributed by atoms with Gasteiger partial charge in [0.15, 0.2) is 0 Å². The molecular weight excluding hydrogens is 186 g/mol. The predicted octanol–water partition coefficient (Wildman–Crippen LogP) is -0.459. The zero-order valence-corrected chi connectivity index (χ0v) is 8.51. The molecule has 3 atom stereocenters. The van der Waals surface area contributed by atoms with Crippen molar-refractivity contribution in [1.82, 2.24) is 4.90 Å². The molecule has 1 saturated heterocycles. The van der Waals surface area contributed by atoms with Gasteiger partial charge in [-0.25, -0.2) is 0 Å². The number of carbonyl (C=O) groups is 1. The molecule has 2 N–H and O–H groups in total. The molecule has 0 aromatic rings. The summed E-state index contributed by atoms with van der Waals surface area (Å²) >= 11 is 0. The van der Waals surface area contributed by atoms with Gasteiger partial charge in [-0.05, 0) is 6.42 Å². The van der Waals surface area contributed by atoms with Crippen molar-refractivity contribution in [3.05, 3.63) is 0 Å². The number of nitrogens with zero attached hydrogens (tertiary/aromatic N) is 1. The van der Waals surface area contributed by atoms with Crippen molar-refractivity contribution in [3.8, 4) is 0 Å². The Kier molecular flexibility index (Phi) is 3.86. The smallest absolute Gasteiger partial charge is 0.320 e. The van der Waals surface area contributed by atoms with Crippen LogP contribution in [0.3, 0.4) is 0 Å². The van der Waals surface area contributed by atoms with Crippen LogP contribution >= 0.6 is 0 Å². The third kappa shape index (κ3) is 2.23. The van der Waals surface area contributed by atoms with Crippen molar-refractivity contribution in [3.63, 3.8) is 0 Å². The number of β-amino-alcohol motifs (C(OH)–C–C–N with tert-alkyl or cyclic N) is 1. The molecule has 0 spiro atoms. The van der Waals surface area contributed by atoms with Gasteiger partial charge in [0.2, 0.25) is 0 Å². The van der Waals surface area contributed by atoms with E-state index in [0.29, 0.717) is 19.5 Å². The molecule has 14 heavy (non-hydrogen) atoms. The standard InChI is InChI=1S/C9H17NO4/c1-3-6(9(12)13)10-4-7(11)8(5-10)14-2/h6-8,11H,3-5H2,1-2H3,(H,12,13)/t6-,7-,8-/m1/s1. The van der Waals surface area contributed by atoms with Crippen molar-refractivity contribution in [1.29, 1.82) is 0 Å². The number of likely N-dealkylation sites (tertiary alicyclic amines) is 1. The lowest BCUT2D eigenvalue weighted by Gasteiger charge is -2.22. The molecule has 1 aliphatic rings. The number of aliphatic hydroxyl groups is 1. The van der Waals surface area contributed by atoms with Crippen molar-refractivity contribution in [2.75, 3.05) is 20.2 Å². The number of aliphatic carboxylic acids is 1. The van der Waals surface area contributed by atoms with Gasteiger partial charge in [0.25, 0.3) is 0 Å². The quantitative estimate of drug-likeness (QED) is 0.647. The maximum Gasteiger partial charge on any atom is 0.320 e. The molecular formula is C9H17NO4. The molecule has 1 aliphatic heterocycles. The maximum absolute atomic E-state index is 10.9. The van der Waals surface area contributed by atoms with Crippen LogP contribution in [0.4, 0.5) is 0 Å². The number of hydrogen-bond acceptors (Lipinski definition) is 4. The van der Waals surface area contributed by atoms with E-state index in [0.717, 1.165) is 0 Å². The van der Waals surface area contributed by atoms with Gasteiger partial charge in [0.1, 0.15) is 6.04 Å². The number of carboxylic acid groups (broad SMARTS) is 1. The van der Waals surface area contributed by atoms with Gasteiger partial charge in [0.05, 0.1) is 12.2 Å². The first kappa shape index (κ1) is 11.4. The number of aliphatic hydroxyl groups excluding tert-OH is 1. The van der Waals surface area contributed by atoms with Crippen LogP contribution in [0.2, 0.25) is 0 Å². The van der Waals surface area contributed by atoms with E-state index in [-0.39, 0.29) is 6.10 Å². The van der Waals surface area contributed by atoms with Gasteiger partial charge < -0.3 is 14.9 Å². The fraction of sp³-hybridized carbons (Fsp3) is 0.889. The summed E-state index contributed by atoms with van der Waals surface area (Å²) in [6, 6.07) is -0.509. The molecule has 0 aromatic carbocycles. The lowest BCUT2D eigenvalue weighted by molar-refractivity contribution is -0.143. The third-order valence-electron chi connectivity index (χ3n) is 2.68. The van der Waals surface area contributed by atoms with Gasteiger partial charge in [0, 0.05) is 20.2 Å². The first-order chi connectivity index (χ1) is 6.60. The Hall–Kier alpha value is -0.650. The highest BCUT2D eigenvalue weighted by Crippen LogP contribution is 2.17. The first-order valence-corrected chi connectivity index (χ1v) is 4.77. The molecule has 1 rings (SSSR count). The van der Waals surface area contributed by atoms with Crippen LogP contribution in [-0.4, -0.2) is 59.5 Å². The van der Waals surface area contributed by atoms with Gasteiger partial charge in [-0.15, -0.1) is 0 Å². The Morgan fingerprint density at radius 3 is 2.64 bits per heavy atom. The van der Waals surface area contributed by atoms with Gasteiger partial charge in [-0.3, -0.25) is 9.69 Å². The van der Waals surface area contributed by atoms with Gasteiger partial charge in [-0.1, -0.05) is 6.92 Å². The summed E-state index contributed by atoms with van der Waals surface area (Å²) in [5, 5.41) is 18.4. The summed E-state index contributed by atoms with van der Waals surface area (Å²) in [6.07, 6.45) is -0.296. The van der Waals surface area contributed by atoms with Crippen LogP contribution in [-0.2, 0) is 9.53 Å². The van der Waals surface area contributed by atoms with E-state index in [1.807, 2.05) is 6.92 Å². The summed E-state index contributed by atoms with van der Waals surface area (Å²) in [6.45, 7) is 2.69. The summed E-state index contributed by atoms with van der Waals surface area (Å²) in [4.78, 5) is 12.6. The van der Waals surface area contributed by atoms with Crippen molar-refractivity contribution < 1.29 is 19.7 Å². The Labute approximate surface area is 83.3 Å². The highest BCUT2D eigenvalue weighted by atomic mass is 16.5. The average molecular weight is 203 g/mol. The molecule has 1 heterocycles. The Balaban J connectivity index is 2.58. The number of hydrogen-bond donors (Lipinski definition) is 2. The molecule has 5 heteroatoms. The molecule has 1 fully saturated rings. The fourth-order valence-electron chi connectivity index (χ4n) is 1.86. The van der Waals surface area contributed by atoms with Crippen LogP contribution in [0, 0.1) is 0 Å². The van der Waals surface area contributed by atoms with Crippen LogP contribution in [0.1, 0.15) is 13.3 Å². The van der Waals surface area contributed by atoms with Gasteiger partial charge in [-0.2, -0.15) is 0 Å². The molecule has 0 aliphatic carbocycles. The lowest BCUT2D eigenvalue weighted by Crippen LogP contribution is -2.40. The fourth-order valence-corrected chi connectivity index (χ4v) is 1.86. The minimum absolute atomic E-state index is 0.261. The molecule has 0 saturated carbocycles. The highest BCUT2D eigenvalue weighted by molar-refractivity contribution is 5.73. The normalized spacial score (nSPS) is 30.5. The molecule has 0 aromatic heterocycles. The monoisotopic (exact) mass is 203 g/mol. The average Bonchev–Trinajstić information content (AvgIpc) is 2.47. The summed E-state index contributed by atoms with van der Waals surface area (Å²) < 4.78 is 5.04. The second-order valence-electron chi connectivity index (χ2n) is 3.56. The van der Waals surface area contributed by atoms with E-state index in [1.165, 1.54) is 7.11 Å². The van der Waals surface area contributed by atoms with Crippen molar-refractivity contribution in [2.45, 2.75) is 31.6 Å². The van der Waals surface area contributed by atoms with Crippen molar-refractivity contribution >= 4 is 5.97 Å². The van der Waals surface area contributed by atoms with Gasteiger partial charge >= 0.3 is 5.97 Å². The van der Waals surface area contributed by atoms with E-state index >= 15 is 0 Å². The Morgan fingerprint density at radius 1 is 1.64 bits per heavy atom. The van der Waals surface area contributed by atoms with E-state index in [4.69, 9.17) is 9.84 Å². The van der Waals surface area contributed by atoms with Crippen LogP contribution < -0.4 is 0 Å². The summed E-state index contributed by atoms with van der Waals surface area (Å²) in [7, 11) is 1.53. The van der Waals surface area contributed by atoms with Crippen LogP contribution in [0.5, 0.6) is 0 Å². The van der Waals surface area contributed by atoms with E-state index in [1.54, 1.807) is 4.90 Å². The molecule has 0 radical (unpaired) electrons. The highest BCUT2D eigenvalue weighted by Gasteiger charge is 2.36. The number of carboxylic acids is 1. The van der Waals surface area contributed by atoms with Crippen molar-refractivity contribution in [2.24, 2.45) is 0 Å². The largest absolute Gasteiger partial charge is 0.480 e. The SMILES string of the molecule is CC[C@H](C(=O)O)N1C[C@@H](O)[C@H](OC)C1. The Morgan fingerprint density at radius 2 is 2.29 bits per heavy atom. The number of methoxy groups -OCH3 is 1. The zero-order chi connectivity index (χ0) is 10.7. The third-order valence-corrected chi connectivity index (χ3v) is 2.68. The molecule has 5 nitrogen and oxygen atoms in total. The first-order valence-electron chi connectivity index (χ1n) is 4.77. The van der Waals surface area contributed by atoms with E-state index < -0.39 is 18.1 Å². The second kappa shape index (κ2) is 4.72. The number of rotatable bonds is 4. The maximum atomic E-state index is 10.9. The van der Waals surface area contributed by atoms with E-state index in [9.17, 15) is 9.90 Å². The van der Waals surface area contributed by atoms with E-state index in [2.05, 4.69) is 0 Å². The molecule has 82 valence electrons. The molecule has 0 unspecified atom stereocenters. The second-order valence-corrected chi connectivity index (χ2v) is 3.56. The predicted molar refractivity (Wildman–Crippen MR) is 50.1 cm³/mol. The minimum Gasteiger partial charge on any atom is -0.480 e. The Bertz CT molecular complexity index is 209. The lowest BCUT2D eigenvalue weighted by atomic mass is 10.2. The molecule has 0 bridgehead atoms. The topological polar surface area (TPSA) is 70.0 Å². The number of ether oxygens (including phenoxy) is 1. The molecule has 0 amide bonds. The van der Waals surface area contributed by atoms with Crippen LogP contribution in [0.15, 0.2) is 0 Å². The summed E-state index contributed by atoms with van der Waals surface area (Å²) in [5.74, 6) is -0.837. The summed E-state index contributed by atoms with van der Waals surface area (Å²) in [5.41, 5.74) is 0. The zero-order valence-electron chi connectivity index (χ0n) is 8.51.